The standard InChI is InChI=1S/C41H63NO3/c1-24(2)28-8-6-7-26(16-28)15-27-13-14-41(20-27)23-39(4)34-17-30-29(31(34)18-36(43)35(39)19-38(41)44)10-11-33-32(30)22-42-21-25(3)9-12-37(42)40(33,5)45/h6-8,16,24-25,27,29-38,43-45H,9-15,17-23H2,1-5H3. The van der Waals surface area contributed by atoms with Crippen LogP contribution in [0.5, 0.6) is 0 Å². The summed E-state index contributed by atoms with van der Waals surface area (Å²) in [7, 11) is 0. The molecule has 5 saturated carbocycles. The van der Waals surface area contributed by atoms with Crippen LogP contribution in [0.15, 0.2) is 24.3 Å². The topological polar surface area (TPSA) is 63.9 Å². The Morgan fingerprint density at radius 3 is 2.49 bits per heavy atom. The van der Waals surface area contributed by atoms with E-state index in [0.717, 1.165) is 57.4 Å². The Kier molecular flexibility index (Phi) is 7.69. The first-order valence-corrected chi connectivity index (χ1v) is 19.3. The third-order valence-electron chi connectivity index (χ3n) is 16.3. The van der Waals surface area contributed by atoms with E-state index in [0.29, 0.717) is 53.4 Å². The summed E-state index contributed by atoms with van der Waals surface area (Å²) in [4.78, 5) is 2.71. The van der Waals surface area contributed by atoms with Crippen molar-refractivity contribution in [2.75, 3.05) is 13.1 Å². The molecule has 15 unspecified atom stereocenters. The van der Waals surface area contributed by atoms with Crippen LogP contribution in [0.3, 0.4) is 0 Å². The number of piperidine rings is 2. The summed E-state index contributed by atoms with van der Waals surface area (Å²) in [5, 5.41) is 35.8. The molecule has 4 heteroatoms. The van der Waals surface area contributed by atoms with Crippen molar-refractivity contribution >= 4 is 0 Å². The van der Waals surface area contributed by atoms with E-state index in [1.165, 1.54) is 49.8 Å². The maximum Gasteiger partial charge on any atom is 0.0805 e. The molecule has 7 fully saturated rings. The van der Waals surface area contributed by atoms with Crippen LogP contribution in [0.25, 0.3) is 0 Å². The molecule has 5 aliphatic carbocycles. The Hall–Kier alpha value is -0.940. The van der Waals surface area contributed by atoms with Gasteiger partial charge < -0.3 is 15.3 Å². The number of aliphatic hydroxyl groups excluding tert-OH is 2. The Morgan fingerprint density at radius 2 is 1.69 bits per heavy atom. The second-order valence-corrected chi connectivity index (χ2v) is 19.0. The van der Waals surface area contributed by atoms with E-state index < -0.39 is 5.60 Å². The molecule has 15 atom stereocenters. The van der Waals surface area contributed by atoms with Gasteiger partial charge in [-0.05, 0) is 165 Å². The third kappa shape index (κ3) is 4.87. The van der Waals surface area contributed by atoms with Crippen LogP contribution in [0.4, 0.5) is 0 Å². The highest BCUT2D eigenvalue weighted by molar-refractivity contribution is 5.26. The average Bonchev–Trinajstić information content (AvgIpc) is 3.57. The van der Waals surface area contributed by atoms with Gasteiger partial charge in [-0.2, -0.15) is 0 Å². The van der Waals surface area contributed by atoms with Crippen LogP contribution >= 0.6 is 0 Å². The maximum atomic E-state index is 12.1. The lowest BCUT2D eigenvalue weighted by Crippen LogP contribution is -2.67. The molecule has 45 heavy (non-hydrogen) atoms. The van der Waals surface area contributed by atoms with Crippen molar-refractivity contribution in [2.45, 2.75) is 141 Å². The third-order valence-corrected chi connectivity index (χ3v) is 16.3. The van der Waals surface area contributed by atoms with Crippen LogP contribution in [0, 0.1) is 64.1 Å². The zero-order chi connectivity index (χ0) is 31.5. The van der Waals surface area contributed by atoms with Crippen LogP contribution in [0.1, 0.15) is 122 Å². The van der Waals surface area contributed by atoms with Crippen LogP contribution < -0.4 is 0 Å². The lowest BCUT2D eigenvalue weighted by atomic mass is 9.46. The molecular formula is C41H63NO3. The molecule has 2 aliphatic heterocycles. The number of aliphatic hydroxyl groups is 3. The fourth-order valence-corrected chi connectivity index (χ4v) is 14.3. The van der Waals surface area contributed by atoms with E-state index in [1.807, 2.05) is 0 Å². The van der Waals surface area contributed by atoms with Crippen molar-refractivity contribution < 1.29 is 15.3 Å². The summed E-state index contributed by atoms with van der Waals surface area (Å²) in [6.45, 7) is 14.1. The van der Waals surface area contributed by atoms with E-state index in [9.17, 15) is 15.3 Å². The summed E-state index contributed by atoms with van der Waals surface area (Å²) in [6.07, 6.45) is 13.0. The second kappa shape index (κ2) is 11.0. The highest BCUT2D eigenvalue weighted by Crippen LogP contribution is 2.70. The van der Waals surface area contributed by atoms with Crippen molar-refractivity contribution in [3.8, 4) is 0 Å². The summed E-state index contributed by atoms with van der Waals surface area (Å²) >= 11 is 0. The van der Waals surface area contributed by atoms with Gasteiger partial charge in [0.15, 0.2) is 0 Å². The Bertz CT molecular complexity index is 1260. The van der Waals surface area contributed by atoms with Gasteiger partial charge in [-0.25, -0.2) is 0 Å². The SMILES string of the molecule is CC1CCC2N(C1)CC1C3CC4C(CC(O)C5CC(O)C6(CCC(Cc7cccc(C(C)C)c7)C6)CC54C)C3CCC1C2(C)O. The van der Waals surface area contributed by atoms with E-state index in [1.54, 1.807) is 0 Å². The van der Waals surface area contributed by atoms with Gasteiger partial charge in [0.25, 0.3) is 0 Å². The van der Waals surface area contributed by atoms with Crippen molar-refractivity contribution in [3.63, 3.8) is 0 Å². The van der Waals surface area contributed by atoms with Gasteiger partial charge in [0.05, 0.1) is 17.8 Å². The first kappa shape index (κ1) is 31.3. The normalized spacial score (nSPS) is 52.6. The largest absolute Gasteiger partial charge is 0.393 e. The fourth-order valence-electron chi connectivity index (χ4n) is 14.3. The van der Waals surface area contributed by atoms with Gasteiger partial charge in [0, 0.05) is 19.1 Å². The van der Waals surface area contributed by atoms with Crippen molar-refractivity contribution in [1.82, 2.24) is 4.90 Å². The van der Waals surface area contributed by atoms with Crippen LogP contribution in [0.2, 0.25) is 0 Å². The number of nitrogens with zero attached hydrogens (tertiary/aromatic N) is 1. The van der Waals surface area contributed by atoms with Gasteiger partial charge in [-0.15, -0.1) is 0 Å². The predicted molar refractivity (Wildman–Crippen MR) is 181 cm³/mol. The molecule has 250 valence electrons. The van der Waals surface area contributed by atoms with Gasteiger partial charge in [-0.1, -0.05) is 52.0 Å². The molecule has 0 aromatic heterocycles. The number of benzene rings is 1. The smallest absolute Gasteiger partial charge is 0.0805 e. The van der Waals surface area contributed by atoms with Gasteiger partial charge in [0.1, 0.15) is 0 Å². The number of fused-ring (bicyclic) bond motifs is 8. The zero-order valence-electron chi connectivity index (χ0n) is 29.0. The van der Waals surface area contributed by atoms with Gasteiger partial charge in [-0.3, -0.25) is 4.90 Å². The predicted octanol–water partition coefficient (Wildman–Crippen LogP) is 7.44. The minimum atomic E-state index is -0.583. The molecule has 1 aromatic rings. The molecule has 8 rings (SSSR count). The molecular weight excluding hydrogens is 554 g/mol. The first-order valence-electron chi connectivity index (χ1n) is 19.3. The van der Waals surface area contributed by atoms with E-state index >= 15 is 0 Å². The highest BCUT2D eigenvalue weighted by atomic mass is 16.3. The number of hydrogen-bond donors (Lipinski definition) is 3. The van der Waals surface area contributed by atoms with Gasteiger partial charge >= 0.3 is 0 Å². The monoisotopic (exact) mass is 617 g/mol. The first-order chi connectivity index (χ1) is 21.4. The van der Waals surface area contributed by atoms with Gasteiger partial charge in [0.2, 0.25) is 0 Å². The Balaban J connectivity index is 1.04. The van der Waals surface area contributed by atoms with E-state index in [-0.39, 0.29) is 29.0 Å². The van der Waals surface area contributed by atoms with E-state index in [2.05, 4.69) is 63.8 Å². The lowest BCUT2D eigenvalue weighted by molar-refractivity contribution is -0.180. The molecule has 1 spiro atoms. The highest BCUT2D eigenvalue weighted by Gasteiger charge is 2.67. The molecule has 7 aliphatic rings. The Labute approximate surface area is 273 Å². The van der Waals surface area contributed by atoms with Crippen LogP contribution in [-0.2, 0) is 6.42 Å². The molecule has 0 radical (unpaired) electrons. The molecule has 1 aromatic carbocycles. The van der Waals surface area contributed by atoms with Crippen molar-refractivity contribution in [1.29, 1.82) is 0 Å². The summed E-state index contributed by atoms with van der Waals surface area (Å²) in [5.74, 6) is 5.79. The quantitative estimate of drug-likeness (QED) is 0.330. The summed E-state index contributed by atoms with van der Waals surface area (Å²) in [6, 6.07) is 9.58. The number of rotatable bonds is 3. The minimum Gasteiger partial charge on any atom is -0.393 e. The van der Waals surface area contributed by atoms with E-state index in [4.69, 9.17) is 0 Å². The molecule has 0 amide bonds. The zero-order valence-corrected chi connectivity index (χ0v) is 29.0. The average molecular weight is 618 g/mol. The minimum absolute atomic E-state index is 0.00908. The molecule has 0 bridgehead atoms. The maximum absolute atomic E-state index is 12.1. The molecule has 3 N–H and O–H groups in total. The van der Waals surface area contributed by atoms with Crippen LogP contribution in [-0.4, -0.2) is 57.2 Å². The summed E-state index contributed by atoms with van der Waals surface area (Å²) < 4.78 is 0. The van der Waals surface area contributed by atoms with Crippen molar-refractivity contribution in [2.24, 2.45) is 64.1 Å². The molecule has 4 nitrogen and oxygen atoms in total. The Morgan fingerprint density at radius 1 is 0.867 bits per heavy atom. The lowest BCUT2D eigenvalue weighted by Gasteiger charge is -2.60. The summed E-state index contributed by atoms with van der Waals surface area (Å²) in [5.41, 5.74) is 2.43. The second-order valence-electron chi connectivity index (χ2n) is 19.0. The fraction of sp³-hybridized carbons (Fsp3) is 0.854. The van der Waals surface area contributed by atoms with Crippen molar-refractivity contribution in [3.05, 3.63) is 35.4 Å². The number of hydrogen-bond acceptors (Lipinski definition) is 4. The molecule has 2 heterocycles. The molecule has 2 saturated heterocycles.